The van der Waals surface area contributed by atoms with Gasteiger partial charge in [0, 0.05) is 0 Å². The lowest BCUT2D eigenvalue weighted by molar-refractivity contribution is -0.124. The Morgan fingerprint density at radius 1 is 0.875 bits per heavy atom. The average molecular weight is 333 g/mol. The third kappa shape index (κ3) is 2.29. The predicted molar refractivity (Wildman–Crippen MR) is 101 cm³/mol. The molecule has 24 heavy (non-hydrogen) atoms. The van der Waals surface area contributed by atoms with Crippen molar-refractivity contribution in [2.24, 2.45) is 52.3 Å². The molecule has 0 aromatic rings. The van der Waals surface area contributed by atoms with E-state index in [1.54, 1.807) is 0 Å². The first-order valence-electron chi connectivity index (χ1n) is 11.0. The quantitative estimate of drug-likeness (QED) is 0.633. The summed E-state index contributed by atoms with van der Waals surface area (Å²) in [4.78, 5) is 0. The van der Waals surface area contributed by atoms with Crippen LogP contribution in [0, 0.1) is 52.3 Å². The Bertz CT molecular complexity index is 484. The molecular formula is C23H40O. The zero-order valence-corrected chi connectivity index (χ0v) is 16.7. The first kappa shape index (κ1) is 17.4. The van der Waals surface area contributed by atoms with E-state index in [0.29, 0.717) is 22.7 Å². The maximum atomic E-state index is 10.5. The second-order valence-electron chi connectivity index (χ2n) is 11.1. The van der Waals surface area contributed by atoms with Gasteiger partial charge in [0.2, 0.25) is 0 Å². The van der Waals surface area contributed by atoms with Crippen molar-refractivity contribution in [3.8, 4) is 0 Å². The van der Waals surface area contributed by atoms with Crippen molar-refractivity contribution < 1.29 is 5.11 Å². The largest absolute Gasteiger partial charge is 0.393 e. The molecule has 10 unspecified atom stereocenters. The van der Waals surface area contributed by atoms with Gasteiger partial charge in [0.1, 0.15) is 0 Å². The molecule has 0 bridgehead atoms. The van der Waals surface area contributed by atoms with Crippen LogP contribution in [0.5, 0.6) is 0 Å². The molecule has 0 aromatic heterocycles. The average Bonchev–Trinajstić information content (AvgIpc) is 2.78. The Morgan fingerprint density at radius 2 is 1.58 bits per heavy atom. The molecule has 0 radical (unpaired) electrons. The molecule has 0 heterocycles. The van der Waals surface area contributed by atoms with E-state index in [-0.39, 0.29) is 6.10 Å². The van der Waals surface area contributed by atoms with Crippen LogP contribution in [-0.4, -0.2) is 11.2 Å². The van der Waals surface area contributed by atoms with E-state index in [1.165, 1.54) is 51.4 Å². The summed E-state index contributed by atoms with van der Waals surface area (Å²) in [6.07, 6.45) is 11.5. The number of hydrogen-bond acceptors (Lipinski definition) is 1. The summed E-state index contributed by atoms with van der Waals surface area (Å²) >= 11 is 0. The van der Waals surface area contributed by atoms with E-state index >= 15 is 0 Å². The van der Waals surface area contributed by atoms with E-state index in [1.807, 2.05) is 0 Å². The molecule has 0 amide bonds. The van der Waals surface area contributed by atoms with Gasteiger partial charge in [-0.15, -0.1) is 0 Å². The van der Waals surface area contributed by atoms with Gasteiger partial charge >= 0.3 is 0 Å². The lowest BCUT2D eigenvalue weighted by Gasteiger charge is -2.61. The molecule has 0 saturated heterocycles. The molecule has 4 saturated carbocycles. The number of hydrogen-bond donors (Lipinski definition) is 1. The first-order chi connectivity index (χ1) is 11.3. The van der Waals surface area contributed by atoms with Crippen molar-refractivity contribution in [1.82, 2.24) is 0 Å². The minimum Gasteiger partial charge on any atom is -0.393 e. The topological polar surface area (TPSA) is 20.2 Å². The number of aliphatic hydroxyl groups excluding tert-OH is 1. The molecular weight excluding hydrogens is 292 g/mol. The van der Waals surface area contributed by atoms with E-state index in [2.05, 4.69) is 34.6 Å². The van der Waals surface area contributed by atoms with E-state index in [9.17, 15) is 5.11 Å². The van der Waals surface area contributed by atoms with E-state index in [0.717, 1.165) is 29.6 Å². The van der Waals surface area contributed by atoms with Crippen LogP contribution < -0.4 is 0 Å². The minimum atomic E-state index is -0.131. The molecule has 4 aliphatic carbocycles. The van der Waals surface area contributed by atoms with Crippen LogP contribution in [0.3, 0.4) is 0 Å². The molecule has 0 spiro atoms. The summed E-state index contributed by atoms with van der Waals surface area (Å²) in [6.45, 7) is 12.2. The van der Waals surface area contributed by atoms with Gasteiger partial charge in [-0.05, 0) is 104 Å². The summed E-state index contributed by atoms with van der Waals surface area (Å²) in [5.74, 6) is 5.99. The minimum absolute atomic E-state index is 0.131. The third-order valence-electron chi connectivity index (χ3n) is 9.89. The zero-order chi connectivity index (χ0) is 17.3. The first-order valence-corrected chi connectivity index (χ1v) is 11.0. The Hall–Kier alpha value is -0.0400. The van der Waals surface area contributed by atoms with Gasteiger partial charge < -0.3 is 5.11 Å². The highest BCUT2D eigenvalue weighted by molar-refractivity contribution is 5.10. The van der Waals surface area contributed by atoms with Crippen molar-refractivity contribution in [3.05, 3.63) is 0 Å². The molecule has 10 atom stereocenters. The molecule has 4 aliphatic rings. The second kappa shape index (κ2) is 5.73. The fourth-order valence-electron chi connectivity index (χ4n) is 8.90. The van der Waals surface area contributed by atoms with Crippen LogP contribution >= 0.6 is 0 Å². The van der Waals surface area contributed by atoms with Gasteiger partial charge in [-0.2, -0.15) is 0 Å². The standard InChI is InChI=1S/C23H40O/c1-14-8-10-22(4)17(12-14)6-7-18-19(22)9-11-23(5)20(18)13-15(2)21(23)16(3)24/h14-21,24H,6-13H2,1-5H3. The number of rotatable bonds is 1. The van der Waals surface area contributed by atoms with Crippen LogP contribution in [0.1, 0.15) is 86.0 Å². The van der Waals surface area contributed by atoms with Crippen LogP contribution in [0.2, 0.25) is 0 Å². The number of fused-ring (bicyclic) bond motifs is 5. The normalized spacial score (nSPS) is 58.5. The van der Waals surface area contributed by atoms with Crippen molar-refractivity contribution in [1.29, 1.82) is 0 Å². The Morgan fingerprint density at radius 3 is 2.29 bits per heavy atom. The molecule has 0 aliphatic heterocycles. The van der Waals surface area contributed by atoms with Gasteiger partial charge in [0.15, 0.2) is 0 Å². The van der Waals surface area contributed by atoms with Gasteiger partial charge in [-0.25, -0.2) is 0 Å². The smallest absolute Gasteiger partial charge is 0.0548 e. The molecule has 0 aromatic carbocycles. The Labute approximate surface area is 150 Å². The predicted octanol–water partition coefficient (Wildman–Crippen LogP) is 5.91. The monoisotopic (exact) mass is 332 g/mol. The van der Waals surface area contributed by atoms with Crippen LogP contribution in [0.25, 0.3) is 0 Å². The van der Waals surface area contributed by atoms with E-state index in [4.69, 9.17) is 0 Å². The highest BCUT2D eigenvalue weighted by atomic mass is 16.3. The van der Waals surface area contributed by atoms with Crippen molar-refractivity contribution >= 4 is 0 Å². The lowest BCUT2D eigenvalue weighted by atomic mass is 9.44. The molecule has 1 nitrogen and oxygen atoms in total. The summed E-state index contributed by atoms with van der Waals surface area (Å²) in [5, 5.41) is 10.5. The highest BCUT2D eigenvalue weighted by Gasteiger charge is 2.61. The lowest BCUT2D eigenvalue weighted by Crippen LogP contribution is -2.53. The Kier molecular flexibility index (Phi) is 4.15. The zero-order valence-electron chi connectivity index (χ0n) is 16.7. The molecule has 4 fully saturated rings. The van der Waals surface area contributed by atoms with E-state index < -0.39 is 0 Å². The highest BCUT2D eigenvalue weighted by Crippen LogP contribution is 2.68. The third-order valence-corrected chi connectivity index (χ3v) is 9.89. The Balaban J connectivity index is 1.63. The van der Waals surface area contributed by atoms with Crippen LogP contribution in [0.15, 0.2) is 0 Å². The van der Waals surface area contributed by atoms with Crippen molar-refractivity contribution in [3.63, 3.8) is 0 Å². The number of aliphatic hydroxyl groups is 1. The summed E-state index contributed by atoms with van der Waals surface area (Å²) in [7, 11) is 0. The maximum absolute atomic E-state index is 10.5. The second-order valence-corrected chi connectivity index (χ2v) is 11.1. The summed E-state index contributed by atoms with van der Waals surface area (Å²) in [5.41, 5.74) is 1.03. The molecule has 4 rings (SSSR count). The van der Waals surface area contributed by atoms with Gasteiger partial charge in [0.25, 0.3) is 0 Å². The van der Waals surface area contributed by atoms with Crippen LogP contribution in [0.4, 0.5) is 0 Å². The summed E-state index contributed by atoms with van der Waals surface area (Å²) < 4.78 is 0. The van der Waals surface area contributed by atoms with Gasteiger partial charge in [-0.3, -0.25) is 0 Å². The SMILES string of the molecule is CC1CCC2(C)C(CCC3C2CCC2(C)C3CC(C)C2C(C)O)C1. The maximum Gasteiger partial charge on any atom is 0.0548 e. The van der Waals surface area contributed by atoms with Crippen LogP contribution in [-0.2, 0) is 0 Å². The molecule has 1 N–H and O–H groups in total. The molecule has 1 heteroatoms. The summed E-state index contributed by atoms with van der Waals surface area (Å²) in [6, 6.07) is 0. The van der Waals surface area contributed by atoms with Crippen molar-refractivity contribution in [2.45, 2.75) is 92.1 Å². The molecule has 138 valence electrons. The fourth-order valence-corrected chi connectivity index (χ4v) is 8.90. The van der Waals surface area contributed by atoms with Gasteiger partial charge in [0.05, 0.1) is 6.10 Å². The van der Waals surface area contributed by atoms with Crippen molar-refractivity contribution in [2.75, 3.05) is 0 Å². The van der Waals surface area contributed by atoms with Gasteiger partial charge in [-0.1, -0.05) is 34.1 Å². The fraction of sp³-hybridized carbons (Fsp3) is 1.00.